The Morgan fingerprint density at radius 3 is 2.48 bits per heavy atom. The Bertz CT molecular complexity index is 1070. The molecule has 0 aromatic heterocycles. The van der Waals surface area contributed by atoms with E-state index >= 15 is 0 Å². The van der Waals surface area contributed by atoms with E-state index in [9.17, 15) is 4.91 Å². The quantitative estimate of drug-likeness (QED) is 0.750. The fraction of sp³-hybridized carbons (Fsp3) is 0.235. The summed E-state index contributed by atoms with van der Waals surface area (Å²) in [5.41, 5.74) is 0.693. The maximum Gasteiger partial charge on any atom is 0.137 e. The Balaban J connectivity index is 2.05. The highest BCUT2D eigenvalue weighted by atomic mass is 32.2. The third kappa shape index (κ3) is 2.70. The zero-order valence-electron chi connectivity index (χ0n) is 19.7. The van der Waals surface area contributed by atoms with E-state index in [1.165, 1.54) is 11.8 Å². The molecule has 1 saturated heterocycles. The number of para-hydroxylation sites is 1. The Kier molecular flexibility index (Phi) is 2.09. The summed E-state index contributed by atoms with van der Waals surface area (Å²) < 4.78 is 66.5. The third-order valence-electron chi connectivity index (χ3n) is 3.27. The molecule has 6 heteroatoms. The first-order valence-corrected chi connectivity index (χ1v) is 7.58. The molecule has 0 atom stereocenters. The first-order chi connectivity index (χ1) is 14.4. The van der Waals surface area contributed by atoms with Crippen LogP contribution in [0.15, 0.2) is 68.6 Å². The van der Waals surface area contributed by atoms with Gasteiger partial charge in [-0.15, -0.1) is 4.91 Å². The van der Waals surface area contributed by atoms with Crippen molar-refractivity contribution in [2.24, 2.45) is 10.3 Å². The Hall–Kier alpha value is -2.34. The van der Waals surface area contributed by atoms with Crippen molar-refractivity contribution in [2.75, 3.05) is 26.0 Å². The molecule has 0 saturated carbocycles. The van der Waals surface area contributed by atoms with Crippen LogP contribution in [0.3, 0.4) is 0 Å². The molecule has 2 aliphatic heterocycles. The molecule has 5 nitrogen and oxygen atoms in total. The minimum absolute atomic E-state index is 0.290. The fourth-order valence-corrected chi connectivity index (χ4v) is 3.25. The Morgan fingerprint density at radius 1 is 1.00 bits per heavy atom. The summed E-state index contributed by atoms with van der Waals surface area (Å²) >= 11 is 1.32. The van der Waals surface area contributed by atoms with Crippen molar-refractivity contribution >= 4 is 23.3 Å². The predicted octanol–water partition coefficient (Wildman–Crippen LogP) is 3.53. The fourth-order valence-electron chi connectivity index (χ4n) is 2.24. The zero-order chi connectivity index (χ0) is 22.8. The van der Waals surface area contributed by atoms with Crippen molar-refractivity contribution in [1.29, 1.82) is 0 Å². The van der Waals surface area contributed by atoms with Gasteiger partial charge < -0.3 is 4.90 Å². The summed E-state index contributed by atoms with van der Waals surface area (Å²) in [7, 11) is 0. The number of benzene rings is 2. The van der Waals surface area contributed by atoms with Crippen molar-refractivity contribution < 1.29 is 11.0 Å². The average molecular weight is 332 g/mol. The highest BCUT2D eigenvalue weighted by Crippen LogP contribution is 2.40. The van der Waals surface area contributed by atoms with E-state index in [-0.39, 0.29) is 10.8 Å². The van der Waals surface area contributed by atoms with Gasteiger partial charge in [-0.05, 0) is 18.2 Å². The highest BCUT2D eigenvalue weighted by molar-refractivity contribution is 7.99. The van der Waals surface area contributed by atoms with E-state index < -0.39 is 26.0 Å². The summed E-state index contributed by atoms with van der Waals surface area (Å²) in [6.07, 6.45) is 0. The average Bonchev–Trinajstić information content (AvgIpc) is 2.83. The number of aliphatic imine (C=N–C) groups is 1. The smallest absolute Gasteiger partial charge is 0.137 e. The van der Waals surface area contributed by atoms with E-state index in [0.29, 0.717) is 25.9 Å². The zero-order valence-corrected chi connectivity index (χ0v) is 12.5. The summed E-state index contributed by atoms with van der Waals surface area (Å²) in [5, 5.41) is 1.97. The van der Waals surface area contributed by atoms with Crippen LogP contribution in [0.1, 0.15) is 16.5 Å². The van der Waals surface area contributed by atoms with Gasteiger partial charge in [0.05, 0.1) is 34.9 Å². The first-order valence-electron chi connectivity index (χ1n) is 10.8. The van der Waals surface area contributed by atoms with Gasteiger partial charge in [-0.25, -0.2) is 4.99 Å². The van der Waals surface area contributed by atoms with Crippen molar-refractivity contribution in [1.82, 2.24) is 9.91 Å². The molecule has 0 aliphatic carbocycles. The molecule has 2 aromatic rings. The van der Waals surface area contributed by atoms with E-state index in [0.717, 1.165) is 0 Å². The molecule has 2 heterocycles. The topological polar surface area (TPSA) is 48.3 Å². The Labute approximate surface area is 150 Å². The molecule has 4 rings (SSSR count). The molecule has 1 fully saturated rings. The molecule has 2 aromatic carbocycles. The SMILES string of the molecule is [2H]C1([2H])N(N=O)C([2H])([2H])C([2H])([2H])N(C2=Nc3ccccc3Sc3ccccc32)C1([2H])[2H]. The maximum absolute atomic E-state index is 11.3. The number of nitroso groups, excluding NO2 is 1. The van der Waals surface area contributed by atoms with Crippen molar-refractivity contribution in [2.45, 2.75) is 9.79 Å². The van der Waals surface area contributed by atoms with Crippen LogP contribution in [-0.4, -0.2) is 41.7 Å². The molecule has 0 N–H and O–H groups in total. The Morgan fingerprint density at radius 2 is 1.70 bits per heavy atom. The van der Waals surface area contributed by atoms with Gasteiger partial charge in [0.2, 0.25) is 0 Å². The summed E-state index contributed by atoms with van der Waals surface area (Å²) in [6, 6.07) is 13.6. The van der Waals surface area contributed by atoms with Gasteiger partial charge in [-0.3, -0.25) is 5.01 Å². The summed E-state index contributed by atoms with van der Waals surface area (Å²) in [4.78, 5) is 17.4. The van der Waals surface area contributed by atoms with Gasteiger partial charge >= 0.3 is 0 Å². The van der Waals surface area contributed by atoms with Gasteiger partial charge in [0.1, 0.15) is 5.84 Å². The number of hydrogen-bond donors (Lipinski definition) is 0. The lowest BCUT2D eigenvalue weighted by Crippen LogP contribution is -2.47. The van der Waals surface area contributed by atoms with Crippen molar-refractivity contribution in [3.63, 3.8) is 0 Å². The van der Waals surface area contributed by atoms with Crippen LogP contribution in [0.5, 0.6) is 0 Å². The normalized spacial score (nSPS) is 30.9. The number of piperazine rings is 1. The molecule has 0 amide bonds. The van der Waals surface area contributed by atoms with E-state index in [1.54, 1.807) is 48.5 Å². The number of fused-ring (bicyclic) bond motifs is 2. The van der Waals surface area contributed by atoms with Crippen molar-refractivity contribution in [3.05, 3.63) is 59.0 Å². The number of nitrogens with zero attached hydrogens (tertiary/aromatic N) is 4. The van der Waals surface area contributed by atoms with Crippen LogP contribution < -0.4 is 0 Å². The van der Waals surface area contributed by atoms with E-state index in [1.807, 2.05) is 0 Å². The molecule has 0 unspecified atom stereocenters. The molecule has 0 bridgehead atoms. The summed E-state index contributed by atoms with van der Waals surface area (Å²) in [5.74, 6) is -0.290. The van der Waals surface area contributed by atoms with Gasteiger partial charge in [0.15, 0.2) is 0 Å². The lowest BCUT2D eigenvalue weighted by atomic mass is 10.1. The van der Waals surface area contributed by atoms with Crippen molar-refractivity contribution in [3.8, 4) is 0 Å². The first kappa shape index (κ1) is 7.97. The van der Waals surface area contributed by atoms with Crippen LogP contribution in [0, 0.1) is 4.91 Å². The predicted molar refractivity (Wildman–Crippen MR) is 92.1 cm³/mol. The minimum atomic E-state index is -3.32. The van der Waals surface area contributed by atoms with Crippen LogP contribution in [0.4, 0.5) is 5.69 Å². The largest absolute Gasteiger partial charge is 0.352 e. The van der Waals surface area contributed by atoms with Gasteiger partial charge in [-0.1, -0.05) is 42.1 Å². The second-order valence-corrected chi connectivity index (χ2v) is 5.76. The standard InChI is InChI=1S/C17H16N4OS/c22-19-21-11-9-20(10-12-21)17-13-5-1-3-7-15(13)23-16-8-4-2-6-14(16)18-17/h1-8H,9-12H2/i9D2,10D2,11D2,12D2. The van der Waals surface area contributed by atoms with Crippen LogP contribution in [0.2, 0.25) is 0 Å². The molecular formula is C17H16N4OS. The highest BCUT2D eigenvalue weighted by Gasteiger charge is 2.24. The van der Waals surface area contributed by atoms with Crippen LogP contribution in [-0.2, 0) is 0 Å². The molecule has 23 heavy (non-hydrogen) atoms. The van der Waals surface area contributed by atoms with Crippen LogP contribution >= 0.6 is 11.8 Å². The molecule has 0 spiro atoms. The van der Waals surface area contributed by atoms with E-state index in [4.69, 9.17) is 11.0 Å². The minimum Gasteiger partial charge on any atom is -0.352 e. The second kappa shape index (κ2) is 6.04. The second-order valence-electron chi connectivity index (χ2n) is 4.68. The lowest BCUT2D eigenvalue weighted by Gasteiger charge is -2.33. The van der Waals surface area contributed by atoms with Gasteiger partial charge in [0.25, 0.3) is 0 Å². The number of amidine groups is 1. The molecule has 0 radical (unpaired) electrons. The van der Waals surface area contributed by atoms with Gasteiger partial charge in [0, 0.05) is 28.3 Å². The van der Waals surface area contributed by atoms with Gasteiger partial charge in [-0.2, -0.15) is 0 Å². The lowest BCUT2D eigenvalue weighted by molar-refractivity contribution is 0.186. The van der Waals surface area contributed by atoms with E-state index in [2.05, 4.69) is 10.3 Å². The molecule has 2 aliphatic rings. The molecular weight excluding hydrogens is 308 g/mol. The molecule has 116 valence electrons. The number of hydrogen-bond acceptors (Lipinski definition) is 5. The third-order valence-corrected chi connectivity index (χ3v) is 4.41. The monoisotopic (exact) mass is 332 g/mol. The summed E-state index contributed by atoms with van der Waals surface area (Å²) in [6.45, 7) is -13.1. The maximum atomic E-state index is 11.3. The van der Waals surface area contributed by atoms with Crippen LogP contribution in [0.25, 0.3) is 0 Å². The number of rotatable bonds is 1.